The van der Waals surface area contributed by atoms with Gasteiger partial charge in [-0.05, 0) is 48.6 Å². The molecule has 0 radical (unpaired) electrons. The van der Waals surface area contributed by atoms with Crippen LogP contribution in [0.5, 0.6) is 0 Å². The van der Waals surface area contributed by atoms with Crippen LogP contribution < -0.4 is 0 Å². The molecule has 20 heavy (non-hydrogen) atoms. The lowest BCUT2D eigenvalue weighted by molar-refractivity contribution is 0.0225. The molecule has 0 aliphatic heterocycles. The topological polar surface area (TPSA) is 33.1 Å². The molecule has 0 saturated heterocycles. The van der Waals surface area contributed by atoms with E-state index in [2.05, 4.69) is 25.8 Å². The Morgan fingerprint density at radius 1 is 1.35 bits per heavy atom. The van der Waals surface area contributed by atoms with Crippen molar-refractivity contribution in [1.82, 2.24) is 4.98 Å². The van der Waals surface area contributed by atoms with E-state index in [0.717, 1.165) is 31.2 Å². The first-order valence-electron chi connectivity index (χ1n) is 7.61. The quantitative estimate of drug-likeness (QED) is 0.807. The first-order chi connectivity index (χ1) is 9.30. The van der Waals surface area contributed by atoms with E-state index < -0.39 is 5.60 Å². The van der Waals surface area contributed by atoms with Gasteiger partial charge in [-0.2, -0.15) is 0 Å². The molecule has 1 aliphatic rings. The summed E-state index contributed by atoms with van der Waals surface area (Å²) in [5, 5.41) is 11.6. The molecule has 1 fully saturated rings. The van der Waals surface area contributed by atoms with E-state index in [1.54, 1.807) is 12.4 Å². The van der Waals surface area contributed by atoms with E-state index in [0.29, 0.717) is 22.8 Å². The largest absolute Gasteiger partial charge is 0.390 e. The fourth-order valence-corrected chi connectivity index (χ4v) is 3.52. The van der Waals surface area contributed by atoms with Crippen LogP contribution in [0.3, 0.4) is 0 Å². The van der Waals surface area contributed by atoms with Crippen molar-refractivity contribution in [2.45, 2.75) is 64.9 Å². The number of rotatable bonds is 2. The summed E-state index contributed by atoms with van der Waals surface area (Å²) in [5.74, 6) is 0.699. The van der Waals surface area contributed by atoms with Gasteiger partial charge in [0.05, 0.1) is 10.6 Å². The Kier molecular flexibility index (Phi) is 4.76. The minimum Gasteiger partial charge on any atom is -0.390 e. The Bertz CT molecular complexity index is 455. The van der Waals surface area contributed by atoms with Crippen molar-refractivity contribution in [2.75, 3.05) is 0 Å². The molecule has 2 rings (SSSR count). The van der Waals surface area contributed by atoms with Crippen molar-refractivity contribution in [2.24, 2.45) is 11.3 Å². The number of pyridine rings is 1. The normalized spacial score (nSPS) is 28.1. The van der Waals surface area contributed by atoms with Gasteiger partial charge in [-0.1, -0.05) is 38.8 Å². The van der Waals surface area contributed by atoms with Gasteiger partial charge in [-0.3, -0.25) is 4.98 Å². The third kappa shape index (κ3) is 3.95. The summed E-state index contributed by atoms with van der Waals surface area (Å²) < 4.78 is 0. The third-order valence-electron chi connectivity index (χ3n) is 4.75. The van der Waals surface area contributed by atoms with Crippen LogP contribution in [0.2, 0.25) is 5.02 Å². The molecule has 1 N–H and O–H groups in total. The molecule has 3 heteroatoms. The first-order valence-corrected chi connectivity index (χ1v) is 7.99. The van der Waals surface area contributed by atoms with Crippen molar-refractivity contribution < 1.29 is 5.11 Å². The average Bonchev–Trinajstić information content (AvgIpc) is 2.54. The SMILES string of the molecule is CC(C)(C)C1CCCC(O)(Cc2ccncc2Cl)CC1. The standard InChI is InChI=1S/C17H26ClNO/c1-16(2,3)14-5-4-8-17(20,9-6-14)11-13-7-10-19-12-15(13)18/h7,10,12,14,20H,4-6,8-9,11H2,1-3H3. The van der Waals surface area contributed by atoms with Crippen LogP contribution in [-0.4, -0.2) is 15.7 Å². The van der Waals surface area contributed by atoms with E-state index in [-0.39, 0.29) is 0 Å². The summed E-state index contributed by atoms with van der Waals surface area (Å²) in [4.78, 5) is 4.01. The summed E-state index contributed by atoms with van der Waals surface area (Å²) in [7, 11) is 0. The molecular formula is C17H26ClNO. The van der Waals surface area contributed by atoms with Gasteiger partial charge in [0.1, 0.15) is 0 Å². The molecule has 0 amide bonds. The highest BCUT2D eigenvalue weighted by atomic mass is 35.5. The molecule has 1 saturated carbocycles. The van der Waals surface area contributed by atoms with E-state index in [1.165, 1.54) is 6.42 Å². The lowest BCUT2D eigenvalue weighted by atomic mass is 9.76. The minimum atomic E-state index is -0.606. The second-order valence-corrected chi connectivity index (χ2v) is 7.77. The van der Waals surface area contributed by atoms with E-state index in [1.807, 2.05) is 6.07 Å². The van der Waals surface area contributed by atoms with Gasteiger partial charge < -0.3 is 5.11 Å². The van der Waals surface area contributed by atoms with Gasteiger partial charge in [0, 0.05) is 18.8 Å². The van der Waals surface area contributed by atoms with Crippen molar-refractivity contribution in [3.63, 3.8) is 0 Å². The monoisotopic (exact) mass is 295 g/mol. The predicted molar refractivity (Wildman–Crippen MR) is 83.9 cm³/mol. The maximum Gasteiger partial charge on any atom is 0.0688 e. The molecule has 0 aromatic carbocycles. The maximum absolute atomic E-state index is 10.9. The van der Waals surface area contributed by atoms with Crippen molar-refractivity contribution in [3.05, 3.63) is 29.0 Å². The van der Waals surface area contributed by atoms with Gasteiger partial charge in [0.15, 0.2) is 0 Å². The highest BCUT2D eigenvalue weighted by Gasteiger charge is 2.35. The van der Waals surface area contributed by atoms with Crippen LogP contribution in [0.25, 0.3) is 0 Å². The van der Waals surface area contributed by atoms with Crippen LogP contribution in [0.15, 0.2) is 18.5 Å². The maximum atomic E-state index is 10.9. The molecule has 1 aromatic rings. The Morgan fingerprint density at radius 2 is 2.10 bits per heavy atom. The number of halogens is 1. The zero-order valence-electron chi connectivity index (χ0n) is 12.8. The number of hydrogen-bond acceptors (Lipinski definition) is 2. The second-order valence-electron chi connectivity index (χ2n) is 7.36. The highest BCUT2D eigenvalue weighted by molar-refractivity contribution is 6.31. The summed E-state index contributed by atoms with van der Waals surface area (Å²) in [6.07, 6.45) is 9.21. The smallest absolute Gasteiger partial charge is 0.0688 e. The number of aliphatic hydroxyl groups is 1. The molecule has 1 aliphatic carbocycles. The Labute approximate surface area is 127 Å². The summed E-state index contributed by atoms with van der Waals surface area (Å²) in [6.45, 7) is 6.92. The van der Waals surface area contributed by atoms with Gasteiger partial charge in [0.25, 0.3) is 0 Å². The average molecular weight is 296 g/mol. The lowest BCUT2D eigenvalue weighted by Gasteiger charge is -2.31. The number of hydrogen-bond donors (Lipinski definition) is 1. The Hall–Kier alpha value is -0.600. The van der Waals surface area contributed by atoms with E-state index in [9.17, 15) is 5.11 Å². The van der Waals surface area contributed by atoms with Crippen LogP contribution in [0, 0.1) is 11.3 Å². The molecule has 0 bridgehead atoms. The van der Waals surface area contributed by atoms with Gasteiger partial charge in [-0.25, -0.2) is 0 Å². The summed E-state index contributed by atoms with van der Waals surface area (Å²) >= 11 is 6.17. The fourth-order valence-electron chi connectivity index (χ4n) is 3.33. The van der Waals surface area contributed by atoms with Crippen LogP contribution in [-0.2, 0) is 6.42 Å². The number of nitrogens with zero attached hydrogens (tertiary/aromatic N) is 1. The predicted octanol–water partition coefficient (Wildman–Crippen LogP) is 4.64. The molecule has 2 unspecified atom stereocenters. The van der Waals surface area contributed by atoms with Crippen molar-refractivity contribution >= 4 is 11.6 Å². The Balaban J connectivity index is 2.06. The Morgan fingerprint density at radius 3 is 2.75 bits per heavy atom. The third-order valence-corrected chi connectivity index (χ3v) is 5.09. The molecule has 0 spiro atoms. The molecule has 1 heterocycles. The minimum absolute atomic E-state index is 0.333. The first kappa shape index (κ1) is 15.8. The van der Waals surface area contributed by atoms with Gasteiger partial charge >= 0.3 is 0 Å². The molecule has 2 atom stereocenters. The van der Waals surface area contributed by atoms with Gasteiger partial charge in [0.2, 0.25) is 0 Å². The molecule has 2 nitrogen and oxygen atoms in total. The number of aromatic nitrogens is 1. The van der Waals surface area contributed by atoms with Crippen molar-refractivity contribution in [1.29, 1.82) is 0 Å². The lowest BCUT2D eigenvalue weighted by Crippen LogP contribution is -2.31. The summed E-state index contributed by atoms with van der Waals surface area (Å²) in [6, 6.07) is 1.92. The van der Waals surface area contributed by atoms with Gasteiger partial charge in [-0.15, -0.1) is 0 Å². The van der Waals surface area contributed by atoms with Crippen LogP contribution in [0.1, 0.15) is 58.4 Å². The second kappa shape index (κ2) is 6.03. The highest BCUT2D eigenvalue weighted by Crippen LogP contribution is 2.41. The molecule has 1 aromatic heterocycles. The summed E-state index contributed by atoms with van der Waals surface area (Å²) in [5.41, 5.74) is 0.739. The van der Waals surface area contributed by atoms with Crippen LogP contribution in [0.4, 0.5) is 0 Å². The van der Waals surface area contributed by atoms with E-state index in [4.69, 9.17) is 11.6 Å². The van der Waals surface area contributed by atoms with Crippen LogP contribution >= 0.6 is 11.6 Å². The zero-order valence-corrected chi connectivity index (χ0v) is 13.6. The van der Waals surface area contributed by atoms with Crippen molar-refractivity contribution in [3.8, 4) is 0 Å². The molecule has 112 valence electrons. The molecular weight excluding hydrogens is 270 g/mol. The fraction of sp³-hybridized carbons (Fsp3) is 0.706. The zero-order chi connectivity index (χ0) is 14.8. The van der Waals surface area contributed by atoms with E-state index >= 15 is 0 Å².